The van der Waals surface area contributed by atoms with Crippen LogP contribution in [0.5, 0.6) is 0 Å². The summed E-state index contributed by atoms with van der Waals surface area (Å²) < 4.78 is 0. The lowest BCUT2D eigenvalue weighted by Gasteiger charge is -2.44. The Morgan fingerprint density at radius 2 is 0.914 bits per heavy atom. The van der Waals surface area contributed by atoms with Crippen LogP contribution in [0.1, 0.15) is 16.7 Å². The molecule has 1 aliphatic heterocycles. The number of benzene rings is 6. The van der Waals surface area contributed by atoms with Gasteiger partial charge in [-0.3, -0.25) is 0 Å². The van der Waals surface area contributed by atoms with Crippen LogP contribution in [0.4, 0.5) is 17.1 Å². The fraction of sp³-hybridized carbons (Fsp3) is 0.0303. The predicted molar refractivity (Wildman–Crippen MR) is 145 cm³/mol. The molecular formula is C33H23NO. The predicted octanol–water partition coefficient (Wildman–Crippen LogP) is 8.06. The van der Waals surface area contributed by atoms with E-state index in [0.29, 0.717) is 0 Å². The smallest absolute Gasteiger partial charge is 0.145 e. The van der Waals surface area contributed by atoms with Crippen LogP contribution >= 0.6 is 0 Å². The van der Waals surface area contributed by atoms with Crippen molar-refractivity contribution in [3.8, 4) is 0 Å². The number of aliphatic hydroxyl groups is 1. The lowest BCUT2D eigenvalue weighted by molar-refractivity contribution is 0.128. The number of fused-ring (bicyclic) bond motifs is 6. The number of para-hydroxylation sites is 1. The summed E-state index contributed by atoms with van der Waals surface area (Å²) in [7, 11) is 0. The van der Waals surface area contributed by atoms with E-state index in [1.54, 1.807) is 0 Å². The minimum Gasteiger partial charge on any atom is -0.376 e. The Balaban J connectivity index is 1.72. The average Bonchev–Trinajstić information content (AvgIpc) is 2.93. The molecule has 0 bridgehead atoms. The van der Waals surface area contributed by atoms with Gasteiger partial charge in [-0.25, -0.2) is 0 Å². The van der Waals surface area contributed by atoms with Gasteiger partial charge in [0, 0.05) is 16.8 Å². The zero-order valence-corrected chi connectivity index (χ0v) is 19.1. The SMILES string of the molecule is OC1(c2ccccc2)c2c(ccc3ccccc23)N(c2ccccc2)c2ccc3ccccc3c21. The van der Waals surface area contributed by atoms with Crippen LogP contribution in [0, 0.1) is 0 Å². The molecule has 1 N–H and O–H groups in total. The van der Waals surface area contributed by atoms with E-state index in [0.717, 1.165) is 55.3 Å². The minimum absolute atomic E-state index is 0.864. The molecule has 2 nitrogen and oxygen atoms in total. The topological polar surface area (TPSA) is 23.5 Å². The van der Waals surface area contributed by atoms with Crippen molar-refractivity contribution in [2.24, 2.45) is 0 Å². The van der Waals surface area contributed by atoms with E-state index in [-0.39, 0.29) is 0 Å². The molecule has 1 aliphatic rings. The summed E-state index contributed by atoms with van der Waals surface area (Å²) in [6, 6.07) is 45.8. The Labute approximate surface area is 204 Å². The van der Waals surface area contributed by atoms with Gasteiger partial charge in [0.05, 0.1) is 11.4 Å². The molecule has 35 heavy (non-hydrogen) atoms. The van der Waals surface area contributed by atoms with Crippen molar-refractivity contribution < 1.29 is 5.11 Å². The minimum atomic E-state index is -1.33. The Hall–Kier alpha value is -4.40. The van der Waals surface area contributed by atoms with Crippen LogP contribution < -0.4 is 4.90 Å². The second kappa shape index (κ2) is 7.56. The average molecular weight is 450 g/mol. The van der Waals surface area contributed by atoms with E-state index in [2.05, 4.69) is 102 Å². The van der Waals surface area contributed by atoms with Crippen molar-refractivity contribution in [1.29, 1.82) is 0 Å². The first kappa shape index (κ1) is 20.0. The van der Waals surface area contributed by atoms with E-state index in [1.165, 1.54) is 0 Å². The summed E-state index contributed by atoms with van der Waals surface area (Å²) >= 11 is 0. The van der Waals surface area contributed by atoms with E-state index in [1.807, 2.05) is 36.4 Å². The molecule has 0 atom stereocenters. The molecule has 0 saturated carbocycles. The molecule has 7 rings (SSSR count). The number of rotatable bonds is 2. The van der Waals surface area contributed by atoms with Gasteiger partial charge in [-0.1, -0.05) is 109 Å². The van der Waals surface area contributed by atoms with Gasteiger partial charge in [0.15, 0.2) is 0 Å². The van der Waals surface area contributed by atoms with E-state index in [4.69, 9.17) is 0 Å². The maximum Gasteiger partial charge on any atom is 0.145 e. The van der Waals surface area contributed by atoms with Crippen molar-refractivity contribution in [1.82, 2.24) is 0 Å². The highest BCUT2D eigenvalue weighted by Crippen LogP contribution is 2.57. The lowest BCUT2D eigenvalue weighted by Crippen LogP contribution is -2.37. The maximum absolute atomic E-state index is 13.1. The molecule has 0 aromatic heterocycles. The van der Waals surface area contributed by atoms with Gasteiger partial charge < -0.3 is 10.0 Å². The van der Waals surface area contributed by atoms with Crippen molar-refractivity contribution in [3.63, 3.8) is 0 Å². The second-order valence-electron chi connectivity index (χ2n) is 9.11. The van der Waals surface area contributed by atoms with Crippen LogP contribution in [0.25, 0.3) is 21.5 Å². The molecule has 0 spiro atoms. The summed E-state index contributed by atoms with van der Waals surface area (Å²) in [6.07, 6.45) is 0. The molecule has 0 amide bonds. The Bertz CT molecular complexity index is 1620. The van der Waals surface area contributed by atoms with Gasteiger partial charge in [0.1, 0.15) is 5.60 Å². The van der Waals surface area contributed by atoms with Crippen LogP contribution in [0.15, 0.2) is 133 Å². The van der Waals surface area contributed by atoms with Crippen LogP contribution in [0.3, 0.4) is 0 Å². The summed E-state index contributed by atoms with van der Waals surface area (Å²) in [5.41, 5.74) is 4.40. The third kappa shape index (κ3) is 2.81. The third-order valence-electron chi connectivity index (χ3n) is 7.23. The first-order valence-electron chi connectivity index (χ1n) is 11.9. The fourth-order valence-electron chi connectivity index (χ4n) is 5.73. The van der Waals surface area contributed by atoms with Crippen molar-refractivity contribution in [2.75, 3.05) is 4.90 Å². The third-order valence-corrected chi connectivity index (χ3v) is 7.23. The number of hydrogen-bond acceptors (Lipinski definition) is 2. The van der Waals surface area contributed by atoms with Crippen LogP contribution in [-0.2, 0) is 5.60 Å². The highest BCUT2D eigenvalue weighted by molar-refractivity contribution is 6.03. The summed E-state index contributed by atoms with van der Waals surface area (Å²) in [5.74, 6) is 0. The van der Waals surface area contributed by atoms with Crippen LogP contribution in [-0.4, -0.2) is 5.11 Å². The molecule has 0 saturated heterocycles. The first-order chi connectivity index (χ1) is 17.3. The molecular weight excluding hydrogens is 426 g/mol. The molecule has 2 heteroatoms. The molecule has 6 aromatic carbocycles. The molecule has 0 unspecified atom stereocenters. The Morgan fingerprint density at radius 3 is 1.46 bits per heavy atom. The second-order valence-corrected chi connectivity index (χ2v) is 9.11. The van der Waals surface area contributed by atoms with E-state index >= 15 is 0 Å². The molecule has 0 fully saturated rings. The summed E-state index contributed by atoms with van der Waals surface area (Å²) in [4.78, 5) is 2.29. The lowest BCUT2D eigenvalue weighted by atomic mass is 9.72. The maximum atomic E-state index is 13.1. The monoisotopic (exact) mass is 449 g/mol. The molecule has 0 aliphatic carbocycles. The molecule has 0 radical (unpaired) electrons. The number of nitrogens with zero attached hydrogens (tertiary/aromatic N) is 1. The number of hydrogen-bond donors (Lipinski definition) is 1. The summed E-state index contributed by atoms with van der Waals surface area (Å²) in [6.45, 7) is 0. The standard InChI is InChI=1S/C33H23NO/c35-33(25-13-3-1-4-14-25)31-27-17-9-7-11-23(27)19-21-29(31)34(26-15-5-2-6-16-26)30-22-20-24-12-8-10-18-28(24)32(30)33/h1-22,35H. The zero-order valence-electron chi connectivity index (χ0n) is 19.1. The van der Waals surface area contributed by atoms with Crippen molar-refractivity contribution >= 4 is 38.6 Å². The van der Waals surface area contributed by atoms with E-state index < -0.39 is 5.60 Å². The Morgan fingerprint density at radius 1 is 0.457 bits per heavy atom. The van der Waals surface area contributed by atoms with Gasteiger partial charge in [-0.15, -0.1) is 0 Å². The van der Waals surface area contributed by atoms with Gasteiger partial charge in [0.2, 0.25) is 0 Å². The Kier molecular flexibility index (Phi) is 4.32. The van der Waals surface area contributed by atoms with Gasteiger partial charge in [-0.05, 0) is 51.4 Å². The van der Waals surface area contributed by atoms with E-state index in [9.17, 15) is 5.11 Å². The van der Waals surface area contributed by atoms with Gasteiger partial charge in [-0.2, -0.15) is 0 Å². The van der Waals surface area contributed by atoms with Gasteiger partial charge in [0.25, 0.3) is 0 Å². The highest BCUT2D eigenvalue weighted by Gasteiger charge is 2.45. The quantitative estimate of drug-likeness (QED) is 0.289. The van der Waals surface area contributed by atoms with Gasteiger partial charge >= 0.3 is 0 Å². The largest absolute Gasteiger partial charge is 0.376 e. The van der Waals surface area contributed by atoms with Crippen LogP contribution in [0.2, 0.25) is 0 Å². The fourth-order valence-corrected chi connectivity index (χ4v) is 5.73. The normalized spacial score (nSPS) is 14.0. The van der Waals surface area contributed by atoms with Crippen molar-refractivity contribution in [3.05, 3.63) is 150 Å². The molecule has 166 valence electrons. The van der Waals surface area contributed by atoms with Crippen molar-refractivity contribution in [2.45, 2.75) is 5.60 Å². The summed E-state index contributed by atoms with van der Waals surface area (Å²) in [5, 5.41) is 17.4. The zero-order chi connectivity index (χ0) is 23.4. The molecule has 1 heterocycles. The molecule has 6 aromatic rings. The highest BCUT2D eigenvalue weighted by atomic mass is 16.3. The number of anilines is 3. The first-order valence-corrected chi connectivity index (χ1v) is 11.9.